The van der Waals surface area contributed by atoms with Crippen molar-refractivity contribution in [1.29, 1.82) is 0 Å². The van der Waals surface area contributed by atoms with Gasteiger partial charge in [-0.15, -0.1) is 11.8 Å². The van der Waals surface area contributed by atoms with Crippen molar-refractivity contribution in [2.45, 2.75) is 30.8 Å². The summed E-state index contributed by atoms with van der Waals surface area (Å²) in [4.78, 5) is 13.1. The lowest BCUT2D eigenvalue weighted by Crippen LogP contribution is -2.23. The molecule has 0 spiro atoms. The monoisotopic (exact) mass is 320 g/mol. The summed E-state index contributed by atoms with van der Waals surface area (Å²) < 4.78 is 5.61. The van der Waals surface area contributed by atoms with E-state index in [-0.39, 0.29) is 17.9 Å². The summed E-state index contributed by atoms with van der Waals surface area (Å²) in [6.45, 7) is 3.66. The Morgan fingerprint density at radius 1 is 1.32 bits per heavy atom. The molecule has 1 aromatic heterocycles. The van der Waals surface area contributed by atoms with Crippen molar-refractivity contribution in [2.75, 3.05) is 12.9 Å². The zero-order chi connectivity index (χ0) is 16.2. The van der Waals surface area contributed by atoms with E-state index in [9.17, 15) is 9.90 Å². The van der Waals surface area contributed by atoms with Crippen molar-refractivity contribution in [2.24, 2.45) is 0 Å². The molecule has 2 rings (SSSR count). The van der Waals surface area contributed by atoms with Gasteiger partial charge in [-0.1, -0.05) is 12.1 Å². The van der Waals surface area contributed by atoms with Crippen LogP contribution >= 0.6 is 11.8 Å². The molecule has 1 heterocycles. The zero-order valence-corrected chi connectivity index (χ0v) is 13.7. The first-order valence-corrected chi connectivity index (χ1v) is 8.20. The fraction of sp³-hybridized carbons (Fsp3) is 0.375. The van der Waals surface area contributed by atoms with Crippen molar-refractivity contribution >= 4 is 11.8 Å². The molecule has 0 bridgehead atoms. The third kappa shape index (κ3) is 4.35. The Hall–Kier alpha value is -1.79. The molecule has 0 aliphatic rings. The summed E-state index contributed by atoms with van der Waals surface area (Å²) in [6.07, 6.45) is 4.02. The minimum atomic E-state index is -0.833. The van der Waals surface area contributed by atoms with Crippen LogP contribution in [0, 0.1) is 0 Å². The van der Waals surface area contributed by atoms with Crippen LogP contribution in [0.15, 0.2) is 40.2 Å². The summed E-state index contributed by atoms with van der Waals surface area (Å²) in [5, 5.41) is 16.0. The number of benzene rings is 1. The molecule has 5 nitrogen and oxygen atoms in total. The lowest BCUT2D eigenvalue weighted by molar-refractivity contribution is 0.0552. The maximum Gasteiger partial charge on any atom is 0.307 e. The largest absolute Gasteiger partial charge is 0.487 e. The summed E-state index contributed by atoms with van der Waals surface area (Å²) in [5.41, 5.74) is 0.309. The minimum absolute atomic E-state index is 0.233. The van der Waals surface area contributed by atoms with Crippen LogP contribution in [0.2, 0.25) is 0 Å². The molecule has 0 saturated heterocycles. The number of thioether (sulfide) groups is 1. The fourth-order valence-corrected chi connectivity index (χ4v) is 2.32. The van der Waals surface area contributed by atoms with Gasteiger partial charge in [-0.05, 0) is 37.8 Å². The Kier molecular flexibility index (Phi) is 5.26. The number of nitrogens with one attached hydrogen (secondary N) is 1. The highest BCUT2D eigenvalue weighted by Crippen LogP contribution is 2.28. The molecule has 0 fully saturated rings. The summed E-state index contributed by atoms with van der Waals surface area (Å²) in [7, 11) is 0. The zero-order valence-electron chi connectivity index (χ0n) is 12.9. The number of nitrogens with zero attached hydrogens (tertiary/aromatic N) is 1. The Labute approximate surface area is 133 Å². The second-order valence-corrected chi connectivity index (χ2v) is 6.46. The van der Waals surface area contributed by atoms with Crippen LogP contribution in [0.25, 0.3) is 11.1 Å². The number of aromatic amines is 1. The number of aromatic nitrogens is 2. The molecule has 0 unspecified atom stereocenters. The highest BCUT2D eigenvalue weighted by atomic mass is 32.2. The number of rotatable bonds is 6. The van der Waals surface area contributed by atoms with Crippen LogP contribution in [0.5, 0.6) is 5.75 Å². The average molecular weight is 320 g/mol. The van der Waals surface area contributed by atoms with E-state index < -0.39 is 5.60 Å². The van der Waals surface area contributed by atoms with Gasteiger partial charge in [0, 0.05) is 16.9 Å². The fourth-order valence-electron chi connectivity index (χ4n) is 1.91. The lowest BCUT2D eigenvalue weighted by atomic mass is 10.1. The van der Waals surface area contributed by atoms with E-state index >= 15 is 0 Å². The van der Waals surface area contributed by atoms with E-state index in [2.05, 4.69) is 10.2 Å². The molecule has 0 saturated carbocycles. The molecule has 2 aromatic rings. The van der Waals surface area contributed by atoms with E-state index in [4.69, 9.17) is 4.74 Å². The molecular formula is C16H20N2O3S. The van der Waals surface area contributed by atoms with Crippen LogP contribution < -0.4 is 10.3 Å². The molecular weight excluding hydrogens is 300 g/mol. The predicted molar refractivity (Wildman–Crippen MR) is 88.5 cm³/mol. The second kappa shape index (κ2) is 6.98. The Morgan fingerprint density at radius 3 is 2.59 bits per heavy atom. The molecule has 0 aliphatic carbocycles. The Balaban J connectivity index is 2.27. The quantitative estimate of drug-likeness (QED) is 0.800. The number of hydrogen-bond acceptors (Lipinski definition) is 5. The topological polar surface area (TPSA) is 75.2 Å². The van der Waals surface area contributed by atoms with Crippen molar-refractivity contribution in [3.63, 3.8) is 0 Å². The number of aliphatic hydroxyl groups is 1. The van der Waals surface area contributed by atoms with Gasteiger partial charge in [0.1, 0.15) is 0 Å². The first kappa shape index (κ1) is 16.6. The van der Waals surface area contributed by atoms with Gasteiger partial charge in [0.25, 0.3) is 0 Å². The maximum absolute atomic E-state index is 12.0. The number of H-pyrrole nitrogens is 1. The first-order chi connectivity index (χ1) is 10.4. The Bertz CT molecular complexity index is 675. The molecule has 118 valence electrons. The van der Waals surface area contributed by atoms with Gasteiger partial charge in [0.05, 0.1) is 18.4 Å². The lowest BCUT2D eigenvalue weighted by Gasteiger charge is -2.17. The molecule has 0 atom stereocenters. The van der Waals surface area contributed by atoms with Crippen LogP contribution in [0.4, 0.5) is 0 Å². The van der Waals surface area contributed by atoms with Crippen molar-refractivity contribution in [3.8, 4) is 16.9 Å². The van der Waals surface area contributed by atoms with Crippen LogP contribution in [0.3, 0.4) is 0 Å². The molecule has 0 amide bonds. The third-order valence-electron chi connectivity index (χ3n) is 3.17. The summed E-state index contributed by atoms with van der Waals surface area (Å²) in [6, 6.07) is 7.85. The normalized spacial score (nSPS) is 11.5. The minimum Gasteiger partial charge on any atom is -0.487 e. The van der Waals surface area contributed by atoms with E-state index in [1.54, 1.807) is 31.8 Å². The van der Waals surface area contributed by atoms with Crippen molar-refractivity contribution in [3.05, 3.63) is 40.8 Å². The van der Waals surface area contributed by atoms with Gasteiger partial charge in [0.15, 0.2) is 5.75 Å². The van der Waals surface area contributed by atoms with Gasteiger partial charge in [-0.2, -0.15) is 5.10 Å². The van der Waals surface area contributed by atoms with E-state index in [0.29, 0.717) is 12.0 Å². The Morgan fingerprint density at radius 2 is 2.00 bits per heavy atom. The van der Waals surface area contributed by atoms with Gasteiger partial charge >= 0.3 is 5.56 Å². The molecule has 6 heteroatoms. The number of hydrogen-bond donors (Lipinski definition) is 2. The molecule has 1 aromatic carbocycles. The molecule has 0 radical (unpaired) electrons. The van der Waals surface area contributed by atoms with Crippen LogP contribution in [-0.2, 0) is 0 Å². The van der Waals surface area contributed by atoms with E-state index in [0.717, 1.165) is 10.5 Å². The van der Waals surface area contributed by atoms with Gasteiger partial charge in [-0.25, -0.2) is 5.10 Å². The smallest absolute Gasteiger partial charge is 0.307 e. The second-order valence-electron chi connectivity index (χ2n) is 5.58. The van der Waals surface area contributed by atoms with Crippen LogP contribution in [0.1, 0.15) is 20.3 Å². The summed E-state index contributed by atoms with van der Waals surface area (Å²) in [5.74, 6) is 0.233. The van der Waals surface area contributed by atoms with Gasteiger partial charge < -0.3 is 9.84 Å². The van der Waals surface area contributed by atoms with Crippen LogP contribution in [-0.4, -0.2) is 33.8 Å². The van der Waals surface area contributed by atoms with Gasteiger partial charge in [0.2, 0.25) is 0 Å². The number of ether oxygens (including phenoxy) is 1. The molecule has 22 heavy (non-hydrogen) atoms. The third-order valence-corrected chi connectivity index (χ3v) is 3.92. The summed E-state index contributed by atoms with van der Waals surface area (Å²) >= 11 is 1.65. The van der Waals surface area contributed by atoms with Crippen molar-refractivity contribution in [1.82, 2.24) is 10.2 Å². The molecule has 2 N–H and O–H groups in total. The van der Waals surface area contributed by atoms with E-state index in [1.807, 2.05) is 30.5 Å². The maximum atomic E-state index is 12.0. The highest BCUT2D eigenvalue weighted by molar-refractivity contribution is 7.98. The highest BCUT2D eigenvalue weighted by Gasteiger charge is 2.15. The van der Waals surface area contributed by atoms with Crippen molar-refractivity contribution < 1.29 is 9.84 Å². The average Bonchev–Trinajstić information content (AvgIpc) is 2.48. The van der Waals surface area contributed by atoms with Gasteiger partial charge in [-0.3, -0.25) is 4.79 Å². The predicted octanol–water partition coefficient (Wildman–Crippen LogP) is 2.70. The SMILES string of the molecule is CSc1ccc(-c2cn[nH]c(=O)c2OCCC(C)(C)O)cc1. The standard InChI is InChI=1S/C16H20N2O3S/c1-16(2,20)8-9-21-14-13(10-17-18-15(14)19)11-4-6-12(22-3)7-5-11/h4-7,10,20H,8-9H2,1-3H3,(H,18,19). The first-order valence-electron chi connectivity index (χ1n) is 6.98. The van der Waals surface area contributed by atoms with E-state index in [1.165, 1.54) is 0 Å². The molecule has 0 aliphatic heterocycles.